The standard InChI is InChI=1S/C24H30FN5O3S.2ClH/c25-18-6-5-17(15-21-22(31)27-23(34-21)30-12-2-1-9-26-30)20(16-18)33-24(32)29-13-7-19(8-14-29)28-10-3-4-11-28;;/h5-6,15-16,19,26H,1-4,7-14H2;2*1H. The molecule has 4 aliphatic heterocycles. The molecule has 0 atom stereocenters. The maximum Gasteiger partial charge on any atom is 0.415 e. The van der Waals surface area contributed by atoms with Gasteiger partial charge in [0.2, 0.25) is 0 Å². The molecular weight excluding hydrogens is 528 g/mol. The summed E-state index contributed by atoms with van der Waals surface area (Å²) < 4.78 is 19.6. The van der Waals surface area contributed by atoms with E-state index in [1.807, 2.05) is 5.01 Å². The van der Waals surface area contributed by atoms with Crippen LogP contribution >= 0.6 is 36.6 Å². The number of amides is 2. The Balaban J connectivity index is 0.00000180. The first-order chi connectivity index (χ1) is 16.6. The summed E-state index contributed by atoms with van der Waals surface area (Å²) in [4.78, 5) is 34.1. The molecular formula is C24H32Cl2FN5O3S. The summed E-state index contributed by atoms with van der Waals surface area (Å²) in [6, 6.07) is 4.54. The zero-order chi connectivity index (χ0) is 23.5. The van der Waals surface area contributed by atoms with Crippen LogP contribution in [0.4, 0.5) is 9.18 Å². The van der Waals surface area contributed by atoms with Gasteiger partial charge in [-0.25, -0.2) is 14.6 Å². The number of rotatable bonds is 3. The molecule has 198 valence electrons. The van der Waals surface area contributed by atoms with Crippen LogP contribution in [-0.4, -0.2) is 77.3 Å². The highest BCUT2D eigenvalue weighted by Crippen LogP contribution is 2.33. The zero-order valence-electron chi connectivity index (χ0n) is 20.0. The first kappa shape index (κ1) is 28.7. The van der Waals surface area contributed by atoms with Crippen LogP contribution in [0.25, 0.3) is 6.08 Å². The van der Waals surface area contributed by atoms with Crippen LogP contribution in [0.2, 0.25) is 0 Å². The summed E-state index contributed by atoms with van der Waals surface area (Å²) in [5, 5.41) is 2.50. The monoisotopic (exact) mass is 559 g/mol. The molecule has 4 heterocycles. The second kappa shape index (κ2) is 13.1. The number of likely N-dealkylation sites (tertiary alicyclic amines) is 2. The van der Waals surface area contributed by atoms with E-state index in [1.54, 1.807) is 11.0 Å². The third kappa shape index (κ3) is 6.72. The first-order valence-corrected chi connectivity index (χ1v) is 12.9. The van der Waals surface area contributed by atoms with E-state index < -0.39 is 11.9 Å². The Kier molecular flexibility index (Phi) is 10.4. The van der Waals surface area contributed by atoms with Crippen LogP contribution in [-0.2, 0) is 4.79 Å². The molecule has 1 aromatic carbocycles. The van der Waals surface area contributed by atoms with Gasteiger partial charge >= 0.3 is 6.09 Å². The molecule has 1 N–H and O–H groups in total. The third-order valence-corrected chi connectivity index (χ3v) is 7.80. The predicted molar refractivity (Wildman–Crippen MR) is 144 cm³/mol. The Labute approximate surface area is 227 Å². The second-order valence-corrected chi connectivity index (χ2v) is 10.1. The molecule has 0 saturated carbocycles. The van der Waals surface area contributed by atoms with E-state index in [0.29, 0.717) is 34.8 Å². The van der Waals surface area contributed by atoms with Crippen LogP contribution in [0.3, 0.4) is 0 Å². The molecule has 5 rings (SSSR count). The van der Waals surface area contributed by atoms with Crippen molar-refractivity contribution in [2.75, 3.05) is 39.3 Å². The fraction of sp³-hybridized carbons (Fsp3) is 0.542. The van der Waals surface area contributed by atoms with Gasteiger partial charge in [0.1, 0.15) is 11.6 Å². The number of benzene rings is 1. The SMILES string of the molecule is Cl.Cl.O=C1N=C(N2CCCCN2)SC1=Cc1ccc(F)cc1OC(=O)N1CCC(N2CCCC2)CC1. The molecule has 2 amide bonds. The smallest absolute Gasteiger partial charge is 0.409 e. The Morgan fingerprint density at radius 1 is 1.08 bits per heavy atom. The molecule has 3 saturated heterocycles. The highest BCUT2D eigenvalue weighted by Gasteiger charge is 2.30. The number of thioether (sulfide) groups is 1. The van der Waals surface area contributed by atoms with Gasteiger partial charge in [0, 0.05) is 43.9 Å². The lowest BCUT2D eigenvalue weighted by atomic mass is 10.0. The van der Waals surface area contributed by atoms with Gasteiger partial charge < -0.3 is 14.5 Å². The molecule has 1 aromatic rings. The van der Waals surface area contributed by atoms with Crippen molar-refractivity contribution >= 4 is 59.8 Å². The van der Waals surface area contributed by atoms with Crippen LogP contribution in [0.5, 0.6) is 5.75 Å². The highest BCUT2D eigenvalue weighted by atomic mass is 35.5. The Morgan fingerprint density at radius 2 is 1.81 bits per heavy atom. The number of piperidine rings is 1. The molecule has 0 radical (unpaired) electrons. The van der Waals surface area contributed by atoms with Crippen molar-refractivity contribution in [3.05, 3.63) is 34.5 Å². The van der Waals surface area contributed by atoms with Gasteiger partial charge in [-0.3, -0.25) is 9.80 Å². The lowest BCUT2D eigenvalue weighted by molar-refractivity contribution is -0.113. The van der Waals surface area contributed by atoms with E-state index in [2.05, 4.69) is 15.3 Å². The summed E-state index contributed by atoms with van der Waals surface area (Å²) in [7, 11) is 0. The van der Waals surface area contributed by atoms with Gasteiger partial charge in [-0.1, -0.05) is 0 Å². The molecule has 0 aromatic heterocycles. The second-order valence-electron chi connectivity index (χ2n) is 9.09. The number of carbonyl (C=O) groups is 2. The van der Waals surface area contributed by atoms with Crippen molar-refractivity contribution in [3.8, 4) is 5.75 Å². The number of halogens is 3. The number of ether oxygens (including phenoxy) is 1. The molecule has 0 spiro atoms. The fourth-order valence-electron chi connectivity index (χ4n) is 4.90. The van der Waals surface area contributed by atoms with Gasteiger partial charge in [-0.2, -0.15) is 4.99 Å². The van der Waals surface area contributed by atoms with Crippen molar-refractivity contribution in [2.45, 2.75) is 44.6 Å². The average Bonchev–Trinajstić information content (AvgIpc) is 3.52. The molecule has 4 aliphatic rings. The summed E-state index contributed by atoms with van der Waals surface area (Å²) in [6.45, 7) is 5.18. The first-order valence-electron chi connectivity index (χ1n) is 12.1. The lowest BCUT2D eigenvalue weighted by Crippen LogP contribution is -2.46. The van der Waals surface area contributed by atoms with Gasteiger partial charge in [-0.05, 0) is 81.6 Å². The van der Waals surface area contributed by atoms with Gasteiger partial charge in [0.05, 0.1) is 4.91 Å². The van der Waals surface area contributed by atoms with Crippen molar-refractivity contribution < 1.29 is 18.7 Å². The molecule has 12 heteroatoms. The summed E-state index contributed by atoms with van der Waals surface area (Å²) in [5.41, 5.74) is 3.72. The molecule has 0 unspecified atom stereocenters. The molecule has 0 aliphatic carbocycles. The Bertz CT molecular complexity index is 1010. The molecule has 3 fully saturated rings. The zero-order valence-corrected chi connectivity index (χ0v) is 22.4. The van der Waals surface area contributed by atoms with Crippen molar-refractivity contribution in [1.82, 2.24) is 20.2 Å². The van der Waals surface area contributed by atoms with E-state index in [-0.39, 0.29) is 36.5 Å². The highest BCUT2D eigenvalue weighted by molar-refractivity contribution is 8.18. The Morgan fingerprint density at radius 3 is 2.50 bits per heavy atom. The minimum Gasteiger partial charge on any atom is -0.409 e. The molecule has 8 nitrogen and oxygen atoms in total. The number of aliphatic imine (C=N–C) groups is 1. The number of nitrogens with one attached hydrogen (secondary N) is 1. The van der Waals surface area contributed by atoms with E-state index in [9.17, 15) is 14.0 Å². The normalized spacial score (nSPS) is 22.3. The number of amidine groups is 1. The Hall–Kier alpha value is -1.85. The molecule has 36 heavy (non-hydrogen) atoms. The number of hydrogen-bond acceptors (Lipinski definition) is 7. The number of nitrogens with zero attached hydrogens (tertiary/aromatic N) is 4. The van der Waals surface area contributed by atoms with Crippen LogP contribution in [0.1, 0.15) is 44.1 Å². The lowest BCUT2D eigenvalue weighted by Gasteiger charge is -2.36. The fourth-order valence-corrected chi connectivity index (χ4v) is 5.81. The topological polar surface area (TPSA) is 77.5 Å². The number of hydrazine groups is 1. The van der Waals surface area contributed by atoms with Gasteiger partial charge in [-0.15, -0.1) is 24.8 Å². The van der Waals surface area contributed by atoms with Crippen LogP contribution in [0.15, 0.2) is 28.1 Å². The average molecular weight is 561 g/mol. The maximum atomic E-state index is 14.0. The maximum absolute atomic E-state index is 14.0. The van der Waals surface area contributed by atoms with E-state index >= 15 is 0 Å². The minimum atomic E-state index is -0.502. The van der Waals surface area contributed by atoms with E-state index in [4.69, 9.17) is 4.74 Å². The third-order valence-electron chi connectivity index (χ3n) is 6.79. The summed E-state index contributed by atoms with van der Waals surface area (Å²) in [5.74, 6) is -0.743. The van der Waals surface area contributed by atoms with Crippen molar-refractivity contribution in [2.24, 2.45) is 4.99 Å². The van der Waals surface area contributed by atoms with Gasteiger partial charge in [0.25, 0.3) is 5.91 Å². The summed E-state index contributed by atoms with van der Waals surface area (Å²) >= 11 is 1.27. The van der Waals surface area contributed by atoms with Gasteiger partial charge in [0.15, 0.2) is 5.17 Å². The quantitative estimate of drug-likeness (QED) is 0.553. The summed E-state index contributed by atoms with van der Waals surface area (Å²) in [6.07, 6.45) is 7.61. The predicted octanol–water partition coefficient (Wildman–Crippen LogP) is 4.30. The van der Waals surface area contributed by atoms with Crippen molar-refractivity contribution in [3.63, 3.8) is 0 Å². The van der Waals surface area contributed by atoms with Crippen LogP contribution in [0, 0.1) is 5.82 Å². The van der Waals surface area contributed by atoms with E-state index in [0.717, 1.165) is 51.9 Å². The van der Waals surface area contributed by atoms with Crippen LogP contribution < -0.4 is 10.2 Å². The largest absolute Gasteiger partial charge is 0.415 e. The number of hydrogen-bond donors (Lipinski definition) is 1. The molecule has 0 bridgehead atoms. The number of carbonyl (C=O) groups excluding carboxylic acids is 2. The van der Waals surface area contributed by atoms with E-state index in [1.165, 1.54) is 42.8 Å². The minimum absolute atomic E-state index is 0. The van der Waals surface area contributed by atoms with Crippen molar-refractivity contribution in [1.29, 1.82) is 0 Å².